The number of hydrogen-bond acceptors (Lipinski definition) is 2. The minimum Gasteiger partial charge on any atom is -0.339 e. The van der Waals surface area contributed by atoms with E-state index in [-0.39, 0.29) is 5.91 Å². The molecule has 19 heavy (non-hydrogen) atoms. The highest BCUT2D eigenvalue weighted by atomic mass is 127. The Balaban J connectivity index is 2.02. The maximum Gasteiger partial charge on any atom is 0.254 e. The molecular formula is C15H21IN2O. The van der Waals surface area contributed by atoms with Crippen LogP contribution >= 0.6 is 22.6 Å². The van der Waals surface area contributed by atoms with E-state index in [1.54, 1.807) is 0 Å². The third-order valence-electron chi connectivity index (χ3n) is 3.98. The molecule has 2 rings (SSSR count). The van der Waals surface area contributed by atoms with E-state index < -0.39 is 0 Å². The van der Waals surface area contributed by atoms with Crippen molar-refractivity contribution in [1.29, 1.82) is 0 Å². The molecule has 1 heterocycles. The summed E-state index contributed by atoms with van der Waals surface area (Å²) in [5.41, 5.74) is 0.823. The number of piperidine rings is 1. The fraction of sp³-hybridized carbons (Fsp3) is 0.533. The topological polar surface area (TPSA) is 23.6 Å². The van der Waals surface area contributed by atoms with Gasteiger partial charge in [-0.15, -0.1) is 0 Å². The lowest BCUT2D eigenvalue weighted by Gasteiger charge is -2.36. The molecule has 0 unspecified atom stereocenters. The van der Waals surface area contributed by atoms with Crippen molar-refractivity contribution in [2.75, 3.05) is 26.7 Å². The third-order valence-corrected chi connectivity index (χ3v) is 4.92. The predicted octanol–water partition coefficient (Wildman–Crippen LogP) is 2.85. The van der Waals surface area contributed by atoms with E-state index in [1.807, 2.05) is 36.2 Å². The molecule has 0 aromatic heterocycles. The largest absolute Gasteiger partial charge is 0.339 e. The molecule has 1 aliphatic rings. The molecule has 1 aliphatic heterocycles. The van der Waals surface area contributed by atoms with Crippen LogP contribution in [-0.2, 0) is 0 Å². The summed E-state index contributed by atoms with van der Waals surface area (Å²) in [4.78, 5) is 16.9. The van der Waals surface area contributed by atoms with Crippen LogP contribution < -0.4 is 0 Å². The van der Waals surface area contributed by atoms with Gasteiger partial charge in [-0.05, 0) is 54.1 Å². The van der Waals surface area contributed by atoms with Gasteiger partial charge in [0, 0.05) is 29.7 Å². The number of rotatable bonds is 3. The summed E-state index contributed by atoms with van der Waals surface area (Å²) in [6.45, 7) is 5.51. The van der Waals surface area contributed by atoms with E-state index >= 15 is 0 Å². The molecule has 0 saturated carbocycles. The van der Waals surface area contributed by atoms with Crippen LogP contribution in [-0.4, -0.2) is 48.4 Å². The van der Waals surface area contributed by atoms with Gasteiger partial charge in [0.05, 0.1) is 5.56 Å². The second kappa shape index (κ2) is 6.70. The minimum absolute atomic E-state index is 0.153. The zero-order valence-corrected chi connectivity index (χ0v) is 13.8. The van der Waals surface area contributed by atoms with Crippen molar-refractivity contribution in [3.05, 3.63) is 33.4 Å². The highest BCUT2D eigenvalue weighted by Crippen LogP contribution is 2.19. The lowest BCUT2D eigenvalue weighted by molar-refractivity contribution is 0.0646. The summed E-state index contributed by atoms with van der Waals surface area (Å²) in [7, 11) is 1.94. The normalized spacial score (nSPS) is 17.4. The fourth-order valence-corrected chi connectivity index (χ4v) is 3.23. The van der Waals surface area contributed by atoms with Crippen LogP contribution in [0, 0.1) is 3.57 Å². The smallest absolute Gasteiger partial charge is 0.254 e. The molecule has 104 valence electrons. The molecule has 0 aliphatic carbocycles. The average Bonchev–Trinajstić information content (AvgIpc) is 2.46. The zero-order chi connectivity index (χ0) is 13.8. The van der Waals surface area contributed by atoms with Crippen LogP contribution in [0.25, 0.3) is 0 Å². The molecule has 0 atom stereocenters. The molecule has 3 nitrogen and oxygen atoms in total. The van der Waals surface area contributed by atoms with Crippen molar-refractivity contribution >= 4 is 28.5 Å². The second-order valence-electron chi connectivity index (χ2n) is 5.06. The van der Waals surface area contributed by atoms with Crippen LogP contribution in [0.15, 0.2) is 24.3 Å². The molecule has 1 saturated heterocycles. The summed E-state index contributed by atoms with van der Waals surface area (Å²) < 4.78 is 1.03. The van der Waals surface area contributed by atoms with Crippen molar-refractivity contribution in [3.8, 4) is 0 Å². The van der Waals surface area contributed by atoms with Gasteiger partial charge in [0.1, 0.15) is 0 Å². The third kappa shape index (κ3) is 3.48. The minimum atomic E-state index is 0.153. The lowest BCUT2D eigenvalue weighted by atomic mass is 10.0. The highest BCUT2D eigenvalue weighted by molar-refractivity contribution is 14.1. The first-order valence-corrected chi connectivity index (χ1v) is 7.95. The van der Waals surface area contributed by atoms with E-state index in [1.165, 1.54) is 0 Å². The molecular weight excluding hydrogens is 351 g/mol. The molecule has 0 spiro atoms. The van der Waals surface area contributed by atoms with Crippen molar-refractivity contribution in [2.24, 2.45) is 0 Å². The molecule has 0 radical (unpaired) electrons. The average molecular weight is 372 g/mol. The van der Waals surface area contributed by atoms with Crippen molar-refractivity contribution in [3.63, 3.8) is 0 Å². The standard InChI is InChI=1S/C15H21IN2O/c1-3-18-10-8-12(9-11-18)17(2)15(19)13-6-4-5-7-14(13)16/h4-7,12H,3,8-11H2,1-2H3. The van der Waals surface area contributed by atoms with Crippen molar-refractivity contribution in [2.45, 2.75) is 25.8 Å². The van der Waals surface area contributed by atoms with E-state index in [0.29, 0.717) is 6.04 Å². The molecule has 1 aromatic carbocycles. The van der Waals surface area contributed by atoms with Gasteiger partial charge in [-0.25, -0.2) is 0 Å². The quantitative estimate of drug-likeness (QED) is 0.762. The number of likely N-dealkylation sites (tertiary alicyclic amines) is 1. The number of carbonyl (C=O) groups is 1. The summed E-state index contributed by atoms with van der Waals surface area (Å²) >= 11 is 2.23. The van der Waals surface area contributed by atoms with Gasteiger partial charge in [-0.2, -0.15) is 0 Å². The first-order chi connectivity index (χ1) is 9.13. The van der Waals surface area contributed by atoms with Gasteiger partial charge in [-0.1, -0.05) is 19.1 Å². The number of amides is 1. The van der Waals surface area contributed by atoms with Crippen molar-refractivity contribution in [1.82, 2.24) is 9.80 Å². The summed E-state index contributed by atoms with van der Waals surface area (Å²) in [6.07, 6.45) is 2.17. The SMILES string of the molecule is CCN1CCC(N(C)C(=O)c2ccccc2I)CC1. The van der Waals surface area contributed by atoms with Crippen LogP contribution in [0.3, 0.4) is 0 Å². The maximum atomic E-state index is 12.5. The Hall–Kier alpha value is -0.620. The Morgan fingerprint density at radius 2 is 2.00 bits per heavy atom. The number of carbonyl (C=O) groups excluding carboxylic acids is 1. The van der Waals surface area contributed by atoms with E-state index in [2.05, 4.69) is 34.4 Å². The van der Waals surface area contributed by atoms with Gasteiger partial charge >= 0.3 is 0 Å². The van der Waals surface area contributed by atoms with Crippen LogP contribution in [0.4, 0.5) is 0 Å². The Morgan fingerprint density at radius 1 is 1.37 bits per heavy atom. The summed E-state index contributed by atoms with van der Waals surface area (Å²) in [5.74, 6) is 0.153. The molecule has 0 bridgehead atoms. The van der Waals surface area contributed by atoms with E-state index in [0.717, 1.165) is 41.6 Å². The van der Waals surface area contributed by atoms with Crippen LogP contribution in [0.1, 0.15) is 30.1 Å². The Kier molecular flexibility index (Phi) is 5.21. The van der Waals surface area contributed by atoms with Gasteiger partial charge < -0.3 is 9.80 Å². The van der Waals surface area contributed by atoms with Crippen molar-refractivity contribution < 1.29 is 4.79 Å². The van der Waals surface area contributed by atoms with Gasteiger partial charge in [0.2, 0.25) is 0 Å². The second-order valence-corrected chi connectivity index (χ2v) is 6.22. The summed E-state index contributed by atoms with van der Waals surface area (Å²) in [6, 6.07) is 8.19. The van der Waals surface area contributed by atoms with Crippen LogP contribution in [0.5, 0.6) is 0 Å². The van der Waals surface area contributed by atoms with Gasteiger partial charge in [0.15, 0.2) is 0 Å². The number of halogens is 1. The maximum absolute atomic E-state index is 12.5. The molecule has 1 aromatic rings. The Bertz CT molecular complexity index is 442. The zero-order valence-electron chi connectivity index (χ0n) is 11.6. The van der Waals surface area contributed by atoms with Crippen LogP contribution in [0.2, 0.25) is 0 Å². The highest BCUT2D eigenvalue weighted by Gasteiger charge is 2.26. The number of benzene rings is 1. The first-order valence-electron chi connectivity index (χ1n) is 6.87. The lowest BCUT2D eigenvalue weighted by Crippen LogP contribution is -2.45. The Morgan fingerprint density at radius 3 is 2.58 bits per heavy atom. The first kappa shape index (κ1) is 14.8. The number of hydrogen-bond donors (Lipinski definition) is 0. The Labute approximate surface area is 129 Å². The van der Waals surface area contributed by atoms with E-state index in [9.17, 15) is 4.79 Å². The fourth-order valence-electron chi connectivity index (χ4n) is 2.61. The van der Waals surface area contributed by atoms with Gasteiger partial charge in [0.25, 0.3) is 5.91 Å². The summed E-state index contributed by atoms with van der Waals surface area (Å²) in [5, 5.41) is 0. The number of nitrogens with zero attached hydrogens (tertiary/aromatic N) is 2. The molecule has 0 N–H and O–H groups in total. The van der Waals surface area contributed by atoms with E-state index in [4.69, 9.17) is 0 Å². The molecule has 4 heteroatoms. The molecule has 1 fully saturated rings. The monoisotopic (exact) mass is 372 g/mol. The predicted molar refractivity (Wildman–Crippen MR) is 86.4 cm³/mol. The molecule has 1 amide bonds. The van der Waals surface area contributed by atoms with Gasteiger partial charge in [-0.3, -0.25) is 4.79 Å².